The van der Waals surface area contributed by atoms with Crippen molar-refractivity contribution in [3.8, 4) is 0 Å². The van der Waals surface area contributed by atoms with Crippen LogP contribution in [-0.2, 0) is 0 Å². The molecule has 0 radical (unpaired) electrons. The van der Waals surface area contributed by atoms with Gasteiger partial charge in [0, 0.05) is 9.80 Å². The smallest absolute Gasteiger partial charge is 0.0704 e. The van der Waals surface area contributed by atoms with Gasteiger partial charge in [0.1, 0.15) is 0 Å². The van der Waals surface area contributed by atoms with Crippen molar-refractivity contribution in [3.63, 3.8) is 0 Å². The second-order valence-electron chi connectivity index (χ2n) is 7.35. The van der Waals surface area contributed by atoms with Crippen molar-refractivity contribution < 1.29 is 0 Å². The Hall–Kier alpha value is -2.42. The predicted molar refractivity (Wildman–Crippen MR) is 121 cm³/mol. The van der Waals surface area contributed by atoms with E-state index in [1.807, 2.05) is 0 Å². The predicted octanol–water partition coefficient (Wildman–Crippen LogP) is 6.62. The number of benzene rings is 2. The van der Waals surface area contributed by atoms with E-state index in [9.17, 15) is 0 Å². The minimum absolute atomic E-state index is 0.327. The lowest BCUT2D eigenvalue weighted by molar-refractivity contribution is 0.740. The average molecular weight is 381 g/mol. The molecule has 4 aliphatic carbocycles. The normalized spacial score (nSPS) is 23.6. The van der Waals surface area contributed by atoms with Gasteiger partial charge in [0.15, 0.2) is 0 Å². The van der Waals surface area contributed by atoms with E-state index in [1.165, 1.54) is 44.5 Å². The molecule has 0 bridgehead atoms. The van der Waals surface area contributed by atoms with E-state index in [-0.39, 0.29) is 5.41 Å². The first-order chi connectivity index (χ1) is 13.2. The Morgan fingerprint density at radius 2 is 1.44 bits per heavy atom. The zero-order valence-electron chi connectivity index (χ0n) is 14.5. The molecule has 128 valence electrons. The Kier molecular flexibility index (Phi) is 3.07. The van der Waals surface area contributed by atoms with E-state index in [0.29, 0.717) is 0 Å². The zero-order chi connectivity index (χ0) is 18.2. The molecule has 4 aliphatic rings. The Labute approximate surface area is 169 Å². The summed E-state index contributed by atoms with van der Waals surface area (Å²) in [6.45, 7) is 0. The van der Waals surface area contributed by atoms with Gasteiger partial charge in [-0.25, -0.2) is 0 Å². The van der Waals surface area contributed by atoms with Crippen molar-refractivity contribution in [1.82, 2.24) is 0 Å². The van der Waals surface area contributed by atoms with Crippen molar-refractivity contribution in [2.24, 2.45) is 5.41 Å². The molecular weight excluding hydrogens is 364 g/mol. The van der Waals surface area contributed by atoms with E-state index in [4.69, 9.17) is 12.6 Å². The Morgan fingerprint density at radius 1 is 0.704 bits per heavy atom. The summed E-state index contributed by atoms with van der Waals surface area (Å²) in [5.74, 6) is 0. The maximum atomic E-state index is 4.97. The summed E-state index contributed by atoms with van der Waals surface area (Å²) in [4.78, 5) is 2.06. The van der Waals surface area contributed by atoms with Gasteiger partial charge in [-0.05, 0) is 68.8 Å². The van der Waals surface area contributed by atoms with Crippen molar-refractivity contribution in [2.45, 2.75) is 4.90 Å². The highest BCUT2D eigenvalue weighted by atomic mass is 32.1. The molecule has 0 nitrogen and oxygen atoms in total. The quantitative estimate of drug-likeness (QED) is 0.472. The highest BCUT2D eigenvalue weighted by Gasteiger charge is 2.47. The van der Waals surface area contributed by atoms with Crippen LogP contribution in [0.1, 0.15) is 22.3 Å². The Bertz CT molecular complexity index is 1230. The Morgan fingerprint density at radius 3 is 2.30 bits per heavy atom. The number of hydrogen-bond acceptors (Lipinski definition) is 2. The van der Waals surface area contributed by atoms with E-state index >= 15 is 0 Å². The monoisotopic (exact) mass is 380 g/mol. The first-order valence-electron chi connectivity index (χ1n) is 9.07. The molecule has 0 amide bonds. The molecule has 0 N–H and O–H groups in total. The van der Waals surface area contributed by atoms with Crippen molar-refractivity contribution >= 4 is 48.6 Å². The fraction of sp³-hybridized carbons (Fsp3) is 0.0400. The maximum absolute atomic E-state index is 4.97. The van der Waals surface area contributed by atoms with Crippen LogP contribution >= 0.6 is 25.3 Å². The lowest BCUT2D eigenvalue weighted by atomic mass is 9.65. The van der Waals surface area contributed by atoms with Gasteiger partial charge in [0.25, 0.3) is 0 Å². The summed E-state index contributed by atoms with van der Waals surface area (Å²) in [7, 11) is 0. The minimum Gasteiger partial charge on any atom is -0.146 e. The number of fused-ring (bicyclic) bond motifs is 8. The topological polar surface area (TPSA) is 0 Å². The highest BCUT2D eigenvalue weighted by Crippen LogP contribution is 2.62. The molecule has 2 aromatic rings. The summed E-state index contributed by atoms with van der Waals surface area (Å²) in [5, 5.41) is 0. The van der Waals surface area contributed by atoms with Crippen LogP contribution in [0.2, 0.25) is 0 Å². The molecule has 6 rings (SSSR count). The molecule has 0 aliphatic heterocycles. The summed E-state index contributed by atoms with van der Waals surface area (Å²) < 4.78 is 0. The summed E-state index contributed by atoms with van der Waals surface area (Å²) in [5.41, 5.74) is 10.00. The van der Waals surface area contributed by atoms with Gasteiger partial charge in [-0.3, -0.25) is 0 Å². The molecule has 1 unspecified atom stereocenters. The third kappa shape index (κ3) is 1.92. The SMILES string of the molecule is SC1=CC=C2C(=Cc3ccc(S)cc32)C12C=CC=C1C2=Cc2ccccc21. The van der Waals surface area contributed by atoms with E-state index in [0.717, 1.165) is 9.80 Å². The van der Waals surface area contributed by atoms with Crippen LogP contribution in [-0.4, -0.2) is 0 Å². The van der Waals surface area contributed by atoms with Gasteiger partial charge in [0.2, 0.25) is 0 Å². The number of rotatable bonds is 0. The number of allylic oxidation sites excluding steroid dienone is 10. The molecule has 2 heteroatoms. The summed E-state index contributed by atoms with van der Waals surface area (Å²) in [6, 6.07) is 15.0. The van der Waals surface area contributed by atoms with Crippen molar-refractivity contribution in [2.75, 3.05) is 0 Å². The molecule has 0 heterocycles. The third-order valence-electron chi connectivity index (χ3n) is 6.03. The second kappa shape index (κ2) is 5.31. The van der Waals surface area contributed by atoms with Crippen LogP contribution in [0.3, 0.4) is 0 Å². The Balaban J connectivity index is 1.61. The van der Waals surface area contributed by atoms with Crippen LogP contribution in [0.25, 0.3) is 23.3 Å². The zero-order valence-corrected chi connectivity index (χ0v) is 16.3. The molecule has 0 aromatic heterocycles. The van der Waals surface area contributed by atoms with Gasteiger partial charge in [0.05, 0.1) is 5.41 Å². The first kappa shape index (κ1) is 15.6. The van der Waals surface area contributed by atoms with Gasteiger partial charge in [-0.1, -0.05) is 60.7 Å². The van der Waals surface area contributed by atoms with Crippen LogP contribution in [0, 0.1) is 5.41 Å². The second-order valence-corrected chi connectivity index (χ2v) is 8.35. The van der Waals surface area contributed by atoms with E-state index in [1.54, 1.807) is 0 Å². The number of hydrogen-bond donors (Lipinski definition) is 2. The third-order valence-corrected chi connectivity index (χ3v) is 6.81. The van der Waals surface area contributed by atoms with E-state index in [2.05, 4.69) is 97.6 Å². The van der Waals surface area contributed by atoms with Crippen LogP contribution in [0.15, 0.2) is 93.8 Å². The molecule has 1 spiro atoms. The van der Waals surface area contributed by atoms with Crippen molar-refractivity contribution in [3.05, 3.63) is 111 Å². The lowest BCUT2D eigenvalue weighted by Gasteiger charge is -2.40. The average Bonchev–Trinajstić information content (AvgIpc) is 3.24. The maximum Gasteiger partial charge on any atom is 0.0704 e. The molecule has 0 saturated carbocycles. The fourth-order valence-corrected chi connectivity index (χ4v) is 5.40. The minimum atomic E-state index is -0.327. The van der Waals surface area contributed by atoms with E-state index < -0.39 is 0 Å². The van der Waals surface area contributed by atoms with Crippen LogP contribution in [0.5, 0.6) is 0 Å². The summed E-state index contributed by atoms with van der Waals surface area (Å²) >= 11 is 9.53. The first-order valence-corrected chi connectivity index (χ1v) is 9.97. The van der Waals surface area contributed by atoms with Gasteiger partial charge >= 0.3 is 0 Å². The van der Waals surface area contributed by atoms with Gasteiger partial charge in [-0.2, -0.15) is 0 Å². The van der Waals surface area contributed by atoms with Gasteiger partial charge in [-0.15, -0.1) is 25.3 Å². The number of thiol groups is 2. The lowest BCUT2D eigenvalue weighted by Crippen LogP contribution is -2.27. The fourth-order valence-electron chi connectivity index (χ4n) is 4.81. The van der Waals surface area contributed by atoms with Crippen molar-refractivity contribution in [1.29, 1.82) is 0 Å². The summed E-state index contributed by atoms with van der Waals surface area (Å²) in [6.07, 6.45) is 15.8. The highest BCUT2D eigenvalue weighted by molar-refractivity contribution is 7.84. The molecular formula is C25H16S2. The van der Waals surface area contributed by atoms with Gasteiger partial charge < -0.3 is 0 Å². The largest absolute Gasteiger partial charge is 0.146 e. The van der Waals surface area contributed by atoms with Crippen LogP contribution < -0.4 is 0 Å². The standard InChI is InChI=1S/C25H16S2/c26-17-8-7-16-13-23-20(21(16)14-17)9-10-24(27)25(23)11-3-6-19-18-5-2-1-4-15(18)12-22(19)25/h1-14,26-27H. The molecule has 27 heavy (non-hydrogen) atoms. The molecule has 0 saturated heterocycles. The molecule has 2 aromatic carbocycles. The molecule has 0 fully saturated rings. The van der Waals surface area contributed by atoms with Crippen LogP contribution in [0.4, 0.5) is 0 Å². The molecule has 1 atom stereocenters.